The highest BCUT2D eigenvalue weighted by Gasteiger charge is 2.56. The molecule has 0 aromatic heterocycles. The van der Waals surface area contributed by atoms with Crippen LogP contribution in [0.2, 0.25) is 0 Å². The molecular formula is C23H27NO2. The fourth-order valence-corrected chi connectivity index (χ4v) is 5.12. The van der Waals surface area contributed by atoms with Crippen LogP contribution in [0.5, 0.6) is 0 Å². The molecule has 0 spiro atoms. The Morgan fingerprint density at radius 3 is 2.08 bits per heavy atom. The summed E-state index contributed by atoms with van der Waals surface area (Å²) in [4.78, 5) is 11.0. The Kier molecular flexibility index (Phi) is 4.06. The molecule has 0 unspecified atom stereocenters. The van der Waals surface area contributed by atoms with E-state index in [-0.39, 0.29) is 0 Å². The first-order valence-corrected chi connectivity index (χ1v) is 9.56. The van der Waals surface area contributed by atoms with Crippen molar-refractivity contribution in [3.8, 4) is 11.1 Å². The molecule has 3 saturated carbocycles. The van der Waals surface area contributed by atoms with Gasteiger partial charge < -0.3 is 10.4 Å². The van der Waals surface area contributed by atoms with Crippen LogP contribution in [-0.4, -0.2) is 17.1 Å². The number of rotatable bonds is 4. The first-order chi connectivity index (χ1) is 12.4. The van der Waals surface area contributed by atoms with Crippen molar-refractivity contribution >= 4 is 11.7 Å². The van der Waals surface area contributed by atoms with Crippen LogP contribution in [0.15, 0.2) is 48.5 Å². The van der Waals surface area contributed by atoms with Crippen LogP contribution in [0.3, 0.4) is 0 Å². The van der Waals surface area contributed by atoms with E-state index in [4.69, 9.17) is 5.11 Å². The summed E-state index contributed by atoms with van der Waals surface area (Å²) >= 11 is 0. The predicted molar refractivity (Wildman–Crippen MR) is 105 cm³/mol. The lowest BCUT2D eigenvalue weighted by molar-refractivity contribution is -0.105. The average Bonchev–Trinajstić information content (AvgIpc) is 2.63. The minimum atomic E-state index is -0.890. The smallest absolute Gasteiger partial charge is 0.335 e. The van der Waals surface area contributed by atoms with Gasteiger partial charge in [0, 0.05) is 11.7 Å². The number of fused-ring (bicyclic) bond motifs is 2. The number of hydrogen-bond acceptors (Lipinski definition) is 2. The molecule has 3 fully saturated rings. The second-order valence-corrected chi connectivity index (χ2v) is 8.67. The lowest BCUT2D eigenvalue weighted by atomic mass is 9.45. The molecule has 2 aromatic rings. The lowest BCUT2D eigenvalue weighted by Gasteiger charge is -2.62. The first kappa shape index (κ1) is 17.1. The number of carbonyl (C=O) groups is 1. The standard InChI is InChI=1S/C23H27NO2/c1-14-20-12-18(23(20,2)3)13-21(14)24-19-10-8-16(9-11-19)15-4-6-17(7-5-15)22(25)26/h4-11,14,18,20-21,24H,12-13H2,1-3H3,(H,25,26)/t14-,18+,20+,21+/m1/s1. The van der Waals surface area contributed by atoms with E-state index in [1.54, 1.807) is 12.1 Å². The van der Waals surface area contributed by atoms with Crippen molar-refractivity contribution in [2.75, 3.05) is 5.32 Å². The van der Waals surface area contributed by atoms with Crippen LogP contribution in [-0.2, 0) is 0 Å². The van der Waals surface area contributed by atoms with Crippen molar-refractivity contribution < 1.29 is 9.90 Å². The predicted octanol–water partition coefficient (Wildman–Crippen LogP) is 5.53. The monoisotopic (exact) mass is 349 g/mol. The Bertz CT molecular complexity index is 807. The largest absolute Gasteiger partial charge is 0.478 e. The number of benzene rings is 2. The molecule has 0 amide bonds. The molecule has 3 nitrogen and oxygen atoms in total. The normalized spacial score (nSPS) is 28.9. The van der Waals surface area contributed by atoms with Crippen molar-refractivity contribution in [1.29, 1.82) is 0 Å². The molecule has 2 N–H and O–H groups in total. The Labute approximate surface area is 155 Å². The van der Waals surface area contributed by atoms with Crippen molar-refractivity contribution in [2.24, 2.45) is 23.2 Å². The zero-order valence-electron chi connectivity index (χ0n) is 15.7. The summed E-state index contributed by atoms with van der Waals surface area (Å²) in [6.07, 6.45) is 2.67. The summed E-state index contributed by atoms with van der Waals surface area (Å²) in [5.74, 6) is 1.51. The summed E-state index contributed by atoms with van der Waals surface area (Å²) in [5, 5.41) is 12.8. The number of carboxylic acids is 1. The van der Waals surface area contributed by atoms with Crippen LogP contribution in [0.4, 0.5) is 5.69 Å². The van der Waals surface area contributed by atoms with Gasteiger partial charge in [0.2, 0.25) is 0 Å². The van der Waals surface area contributed by atoms with Gasteiger partial charge in [0.1, 0.15) is 0 Å². The Hall–Kier alpha value is -2.29. The van der Waals surface area contributed by atoms with Gasteiger partial charge in [-0.3, -0.25) is 0 Å². The topological polar surface area (TPSA) is 49.3 Å². The van der Waals surface area contributed by atoms with Crippen LogP contribution >= 0.6 is 0 Å². The minimum Gasteiger partial charge on any atom is -0.478 e. The number of aromatic carboxylic acids is 1. The highest BCUT2D eigenvalue weighted by molar-refractivity contribution is 5.88. The van der Waals surface area contributed by atoms with Gasteiger partial charge in [-0.15, -0.1) is 0 Å². The van der Waals surface area contributed by atoms with E-state index in [1.165, 1.54) is 18.5 Å². The minimum absolute atomic E-state index is 0.319. The van der Waals surface area contributed by atoms with E-state index in [0.717, 1.165) is 23.0 Å². The Morgan fingerprint density at radius 2 is 1.58 bits per heavy atom. The average molecular weight is 349 g/mol. The number of nitrogens with one attached hydrogen (secondary N) is 1. The van der Waals surface area contributed by atoms with Gasteiger partial charge in [-0.05, 0) is 71.4 Å². The number of anilines is 1. The van der Waals surface area contributed by atoms with Crippen LogP contribution in [0.1, 0.15) is 44.0 Å². The molecule has 3 aliphatic rings. The fraction of sp³-hybridized carbons (Fsp3) is 0.435. The molecule has 2 bridgehead atoms. The van der Waals surface area contributed by atoms with Gasteiger partial charge in [-0.25, -0.2) is 4.79 Å². The molecule has 5 rings (SSSR count). The van der Waals surface area contributed by atoms with E-state index in [0.29, 0.717) is 22.9 Å². The summed E-state index contributed by atoms with van der Waals surface area (Å²) in [6, 6.07) is 16.1. The highest BCUT2D eigenvalue weighted by atomic mass is 16.4. The molecule has 3 aliphatic carbocycles. The van der Waals surface area contributed by atoms with Crippen molar-refractivity contribution in [3.63, 3.8) is 0 Å². The maximum Gasteiger partial charge on any atom is 0.335 e. The van der Waals surface area contributed by atoms with E-state index >= 15 is 0 Å². The number of carboxylic acid groups (broad SMARTS) is 1. The van der Waals surface area contributed by atoms with E-state index in [1.807, 2.05) is 12.1 Å². The third-order valence-corrected chi connectivity index (χ3v) is 7.06. The Morgan fingerprint density at radius 1 is 1.00 bits per heavy atom. The second kappa shape index (κ2) is 6.15. The molecule has 0 heterocycles. The van der Waals surface area contributed by atoms with Gasteiger partial charge >= 0.3 is 5.97 Å². The van der Waals surface area contributed by atoms with E-state index in [2.05, 4.69) is 50.4 Å². The molecule has 136 valence electrons. The van der Waals surface area contributed by atoms with Crippen LogP contribution in [0.25, 0.3) is 11.1 Å². The Balaban J connectivity index is 1.44. The van der Waals surface area contributed by atoms with Crippen LogP contribution in [0, 0.1) is 23.2 Å². The molecule has 2 aromatic carbocycles. The maximum atomic E-state index is 11.0. The molecule has 0 saturated heterocycles. The quantitative estimate of drug-likeness (QED) is 0.762. The molecule has 4 atom stereocenters. The third kappa shape index (κ3) is 2.80. The van der Waals surface area contributed by atoms with Crippen molar-refractivity contribution in [1.82, 2.24) is 0 Å². The third-order valence-electron chi connectivity index (χ3n) is 7.06. The zero-order valence-corrected chi connectivity index (χ0v) is 15.7. The summed E-state index contributed by atoms with van der Waals surface area (Å²) < 4.78 is 0. The number of hydrogen-bond donors (Lipinski definition) is 2. The van der Waals surface area contributed by atoms with Gasteiger partial charge in [0.15, 0.2) is 0 Å². The van der Waals surface area contributed by atoms with E-state index < -0.39 is 5.97 Å². The maximum absolute atomic E-state index is 11.0. The van der Waals surface area contributed by atoms with Gasteiger partial charge in [-0.2, -0.15) is 0 Å². The first-order valence-electron chi connectivity index (χ1n) is 9.56. The second-order valence-electron chi connectivity index (χ2n) is 8.67. The van der Waals surface area contributed by atoms with Gasteiger partial charge in [0.25, 0.3) is 0 Å². The summed E-state index contributed by atoms with van der Waals surface area (Å²) in [7, 11) is 0. The molecule has 0 aliphatic heterocycles. The van der Waals surface area contributed by atoms with Crippen molar-refractivity contribution in [3.05, 3.63) is 54.1 Å². The van der Waals surface area contributed by atoms with Gasteiger partial charge in [-0.1, -0.05) is 45.0 Å². The molecule has 3 heteroatoms. The lowest BCUT2D eigenvalue weighted by Crippen LogP contribution is -2.58. The van der Waals surface area contributed by atoms with Gasteiger partial charge in [0.05, 0.1) is 5.56 Å². The fourth-order valence-electron chi connectivity index (χ4n) is 5.12. The van der Waals surface area contributed by atoms with Crippen LogP contribution < -0.4 is 5.32 Å². The SMILES string of the molecule is C[C@H]1[C@@H](Nc2ccc(-c3ccc(C(=O)O)cc3)cc2)C[C@@H]2C[C@@H]1C2(C)C. The molecular weight excluding hydrogens is 322 g/mol. The summed E-state index contributed by atoms with van der Waals surface area (Å²) in [5.41, 5.74) is 4.15. The van der Waals surface area contributed by atoms with Crippen molar-refractivity contribution in [2.45, 2.75) is 39.7 Å². The molecule has 26 heavy (non-hydrogen) atoms. The highest BCUT2D eigenvalue weighted by Crippen LogP contribution is 2.61. The molecule has 0 radical (unpaired) electrons. The zero-order chi connectivity index (χ0) is 18.5. The van der Waals surface area contributed by atoms with E-state index in [9.17, 15) is 4.79 Å². The summed E-state index contributed by atoms with van der Waals surface area (Å²) in [6.45, 7) is 7.27.